The summed E-state index contributed by atoms with van der Waals surface area (Å²) in [5.74, 6) is -0.130. The van der Waals surface area contributed by atoms with E-state index in [0.717, 1.165) is 0 Å². The summed E-state index contributed by atoms with van der Waals surface area (Å²) in [5, 5.41) is 14.0. The molecule has 0 aromatic rings. The third-order valence-electron chi connectivity index (χ3n) is 1.94. The SMILES string of the molecule is CNC(=O)CC[C@@H](CO)NC(=O)OC(C)(C)C. The maximum Gasteiger partial charge on any atom is 0.407 e. The number of amides is 2. The van der Waals surface area contributed by atoms with Crippen molar-refractivity contribution in [2.75, 3.05) is 13.7 Å². The van der Waals surface area contributed by atoms with Gasteiger partial charge in [0, 0.05) is 13.5 Å². The van der Waals surface area contributed by atoms with Gasteiger partial charge in [0.05, 0.1) is 12.6 Å². The first-order chi connectivity index (χ1) is 7.78. The molecule has 0 spiro atoms. The van der Waals surface area contributed by atoms with Gasteiger partial charge in [0.2, 0.25) is 5.91 Å². The molecule has 6 nitrogen and oxygen atoms in total. The minimum Gasteiger partial charge on any atom is -0.444 e. The fourth-order valence-electron chi connectivity index (χ4n) is 1.11. The molecule has 0 aliphatic carbocycles. The lowest BCUT2D eigenvalue weighted by Crippen LogP contribution is -2.41. The van der Waals surface area contributed by atoms with Crippen molar-refractivity contribution >= 4 is 12.0 Å². The highest BCUT2D eigenvalue weighted by molar-refractivity contribution is 5.75. The minimum absolute atomic E-state index is 0.130. The number of aliphatic hydroxyl groups excluding tert-OH is 1. The van der Waals surface area contributed by atoms with Crippen LogP contribution >= 0.6 is 0 Å². The highest BCUT2D eigenvalue weighted by atomic mass is 16.6. The number of carbonyl (C=O) groups excluding carboxylic acids is 2. The van der Waals surface area contributed by atoms with E-state index in [9.17, 15) is 9.59 Å². The van der Waals surface area contributed by atoms with Crippen molar-refractivity contribution in [1.29, 1.82) is 0 Å². The zero-order chi connectivity index (χ0) is 13.5. The summed E-state index contributed by atoms with van der Waals surface area (Å²) in [6.07, 6.45) is 0.0286. The number of hydrogen-bond donors (Lipinski definition) is 3. The predicted molar refractivity (Wildman–Crippen MR) is 63.5 cm³/mol. The van der Waals surface area contributed by atoms with Crippen LogP contribution in [0, 0.1) is 0 Å². The van der Waals surface area contributed by atoms with Crippen LogP contribution in [0.1, 0.15) is 33.6 Å². The molecule has 3 N–H and O–H groups in total. The van der Waals surface area contributed by atoms with E-state index in [2.05, 4.69) is 10.6 Å². The molecule has 0 aliphatic rings. The fraction of sp³-hybridized carbons (Fsp3) is 0.818. The second-order valence-electron chi connectivity index (χ2n) is 4.74. The van der Waals surface area contributed by atoms with E-state index in [0.29, 0.717) is 6.42 Å². The van der Waals surface area contributed by atoms with Crippen molar-refractivity contribution in [2.45, 2.75) is 45.3 Å². The third kappa shape index (κ3) is 8.50. The first-order valence-corrected chi connectivity index (χ1v) is 5.59. The smallest absolute Gasteiger partial charge is 0.407 e. The summed E-state index contributed by atoms with van der Waals surface area (Å²) in [5.41, 5.74) is -0.578. The minimum atomic E-state index is -0.589. The van der Waals surface area contributed by atoms with E-state index in [1.54, 1.807) is 20.8 Å². The van der Waals surface area contributed by atoms with Gasteiger partial charge < -0.3 is 20.5 Å². The van der Waals surface area contributed by atoms with Crippen molar-refractivity contribution in [2.24, 2.45) is 0 Å². The molecule has 0 fully saturated rings. The molecule has 0 aliphatic heterocycles. The van der Waals surface area contributed by atoms with Crippen molar-refractivity contribution in [3.63, 3.8) is 0 Å². The molecular weight excluding hydrogens is 224 g/mol. The van der Waals surface area contributed by atoms with E-state index in [1.165, 1.54) is 7.05 Å². The van der Waals surface area contributed by atoms with Gasteiger partial charge in [-0.1, -0.05) is 0 Å². The number of alkyl carbamates (subject to hydrolysis) is 1. The van der Waals surface area contributed by atoms with Crippen LogP contribution in [0.3, 0.4) is 0 Å². The Kier molecular flexibility index (Phi) is 6.57. The summed E-state index contributed by atoms with van der Waals surface area (Å²) in [7, 11) is 1.54. The van der Waals surface area contributed by atoms with Gasteiger partial charge in [-0.2, -0.15) is 0 Å². The van der Waals surface area contributed by atoms with Crippen molar-refractivity contribution in [3.05, 3.63) is 0 Å². The van der Waals surface area contributed by atoms with Gasteiger partial charge in [-0.3, -0.25) is 4.79 Å². The van der Waals surface area contributed by atoms with Crippen molar-refractivity contribution in [3.8, 4) is 0 Å². The largest absolute Gasteiger partial charge is 0.444 e. The Morgan fingerprint density at radius 1 is 1.35 bits per heavy atom. The van der Waals surface area contributed by atoms with Crippen molar-refractivity contribution in [1.82, 2.24) is 10.6 Å². The van der Waals surface area contributed by atoms with Crippen LogP contribution in [-0.2, 0) is 9.53 Å². The molecular formula is C11H22N2O4. The van der Waals surface area contributed by atoms with Gasteiger partial charge in [0.1, 0.15) is 5.60 Å². The summed E-state index contributed by atoms with van der Waals surface area (Å²) in [4.78, 5) is 22.4. The number of ether oxygens (including phenoxy) is 1. The second-order valence-corrected chi connectivity index (χ2v) is 4.74. The number of nitrogens with one attached hydrogen (secondary N) is 2. The molecule has 0 rings (SSSR count). The lowest BCUT2D eigenvalue weighted by molar-refractivity contribution is -0.120. The molecule has 17 heavy (non-hydrogen) atoms. The summed E-state index contributed by atoms with van der Waals surface area (Å²) in [6, 6.07) is -0.470. The normalized spacial score (nSPS) is 12.8. The first kappa shape index (κ1) is 15.7. The van der Waals surface area contributed by atoms with E-state index in [-0.39, 0.29) is 18.9 Å². The molecule has 6 heteroatoms. The van der Waals surface area contributed by atoms with Gasteiger partial charge in [0.25, 0.3) is 0 Å². The molecule has 0 saturated heterocycles. The highest BCUT2D eigenvalue weighted by Crippen LogP contribution is 2.07. The zero-order valence-corrected chi connectivity index (χ0v) is 10.9. The topological polar surface area (TPSA) is 87.7 Å². The highest BCUT2D eigenvalue weighted by Gasteiger charge is 2.19. The molecule has 1 atom stereocenters. The Balaban J connectivity index is 4.04. The maximum absolute atomic E-state index is 11.4. The Labute approximate surface area is 102 Å². The molecule has 0 heterocycles. The number of aliphatic hydroxyl groups is 1. The molecule has 0 saturated carbocycles. The Morgan fingerprint density at radius 2 is 1.94 bits per heavy atom. The van der Waals surface area contributed by atoms with Crippen LogP contribution in [0.4, 0.5) is 4.79 Å². The third-order valence-corrected chi connectivity index (χ3v) is 1.94. The Morgan fingerprint density at radius 3 is 2.35 bits per heavy atom. The van der Waals surface area contributed by atoms with Gasteiger partial charge in [-0.15, -0.1) is 0 Å². The number of rotatable bonds is 5. The maximum atomic E-state index is 11.4. The van der Waals surface area contributed by atoms with E-state index in [4.69, 9.17) is 9.84 Å². The zero-order valence-electron chi connectivity index (χ0n) is 10.9. The molecule has 2 amide bonds. The van der Waals surface area contributed by atoms with Gasteiger partial charge in [0.15, 0.2) is 0 Å². The molecule has 100 valence electrons. The van der Waals surface area contributed by atoms with Gasteiger partial charge in [-0.25, -0.2) is 4.79 Å². The van der Waals surface area contributed by atoms with Crippen LogP contribution in [0.15, 0.2) is 0 Å². The average molecular weight is 246 g/mol. The van der Waals surface area contributed by atoms with Crippen LogP contribution in [0.5, 0.6) is 0 Å². The van der Waals surface area contributed by atoms with E-state index < -0.39 is 17.7 Å². The second kappa shape index (κ2) is 7.11. The summed E-state index contributed by atoms with van der Waals surface area (Å²) in [6.45, 7) is 5.04. The van der Waals surface area contributed by atoms with E-state index in [1.807, 2.05) is 0 Å². The molecule has 0 radical (unpaired) electrons. The average Bonchev–Trinajstić information content (AvgIpc) is 2.20. The summed E-state index contributed by atoms with van der Waals surface area (Å²) < 4.78 is 5.04. The summed E-state index contributed by atoms with van der Waals surface area (Å²) >= 11 is 0. The standard InChI is InChI=1S/C11H22N2O4/c1-11(2,3)17-10(16)13-8(7-14)5-6-9(15)12-4/h8,14H,5-7H2,1-4H3,(H,12,15)(H,13,16)/t8-/m0/s1. The Bertz CT molecular complexity index is 261. The van der Waals surface area contributed by atoms with Crippen LogP contribution < -0.4 is 10.6 Å². The van der Waals surface area contributed by atoms with Gasteiger partial charge >= 0.3 is 6.09 Å². The Hall–Kier alpha value is -1.30. The lowest BCUT2D eigenvalue weighted by Gasteiger charge is -2.22. The molecule has 0 aromatic carbocycles. The lowest BCUT2D eigenvalue weighted by atomic mass is 10.1. The van der Waals surface area contributed by atoms with Crippen LogP contribution in [0.2, 0.25) is 0 Å². The molecule has 0 aromatic heterocycles. The molecule has 0 bridgehead atoms. The first-order valence-electron chi connectivity index (χ1n) is 5.59. The monoisotopic (exact) mass is 246 g/mol. The predicted octanol–water partition coefficient (Wildman–Crippen LogP) is 0.398. The van der Waals surface area contributed by atoms with Crippen LogP contribution in [-0.4, -0.2) is 42.4 Å². The van der Waals surface area contributed by atoms with Crippen molar-refractivity contribution < 1.29 is 19.4 Å². The fourth-order valence-corrected chi connectivity index (χ4v) is 1.11. The quantitative estimate of drug-likeness (QED) is 0.655. The molecule has 0 unspecified atom stereocenters. The number of hydrogen-bond acceptors (Lipinski definition) is 4. The number of carbonyl (C=O) groups is 2. The van der Waals surface area contributed by atoms with E-state index >= 15 is 0 Å². The van der Waals surface area contributed by atoms with Gasteiger partial charge in [-0.05, 0) is 27.2 Å². The van der Waals surface area contributed by atoms with Crippen LogP contribution in [0.25, 0.3) is 0 Å².